The summed E-state index contributed by atoms with van der Waals surface area (Å²) in [4.78, 5) is 10.7. The van der Waals surface area contributed by atoms with E-state index in [4.69, 9.17) is 4.74 Å². The second-order valence-corrected chi connectivity index (χ2v) is 5.87. The van der Waals surface area contributed by atoms with Crippen molar-refractivity contribution >= 4 is 5.82 Å². The van der Waals surface area contributed by atoms with Crippen molar-refractivity contribution in [3.05, 3.63) is 78.2 Å². The molecule has 0 aliphatic rings. The summed E-state index contributed by atoms with van der Waals surface area (Å²) in [6.45, 7) is 3.92. The molecule has 0 saturated carbocycles. The molecule has 0 aliphatic heterocycles. The lowest BCUT2D eigenvalue weighted by Crippen LogP contribution is -2.26. The van der Waals surface area contributed by atoms with Crippen molar-refractivity contribution in [2.75, 3.05) is 18.1 Å². The Hall–Kier alpha value is -3.08. The van der Waals surface area contributed by atoms with Crippen LogP contribution in [0.15, 0.2) is 61.1 Å². The molecule has 0 aliphatic carbocycles. The third-order valence-corrected chi connectivity index (χ3v) is 4.01. The van der Waals surface area contributed by atoms with Gasteiger partial charge in [-0.1, -0.05) is 6.07 Å². The number of rotatable bonds is 8. The molecule has 5 heteroatoms. The number of aromatic nitrogens is 2. The van der Waals surface area contributed by atoms with E-state index in [0.29, 0.717) is 12.4 Å². The van der Waals surface area contributed by atoms with E-state index in [1.165, 1.54) is 5.56 Å². The molecule has 1 radical (unpaired) electrons. The fraction of sp³-hybridized carbons (Fsp3) is 0.238. The Balaban J connectivity index is 1.75. The Kier molecular flexibility index (Phi) is 6.04. The zero-order valence-corrected chi connectivity index (χ0v) is 14.8. The fourth-order valence-corrected chi connectivity index (χ4v) is 2.71. The van der Waals surface area contributed by atoms with Crippen LogP contribution in [0.4, 0.5) is 5.82 Å². The van der Waals surface area contributed by atoms with Crippen LogP contribution in [0.5, 0.6) is 11.5 Å². The van der Waals surface area contributed by atoms with E-state index in [9.17, 15) is 5.11 Å². The van der Waals surface area contributed by atoms with Crippen molar-refractivity contribution in [2.45, 2.75) is 19.9 Å². The van der Waals surface area contributed by atoms with Crippen LogP contribution in [0.2, 0.25) is 0 Å². The average molecular weight is 348 g/mol. The molecule has 2 heterocycles. The number of hydrogen-bond acceptors (Lipinski definition) is 5. The van der Waals surface area contributed by atoms with Gasteiger partial charge in [-0.05, 0) is 60.9 Å². The number of pyridine rings is 2. The van der Waals surface area contributed by atoms with Gasteiger partial charge in [0.15, 0.2) is 11.5 Å². The number of benzene rings is 1. The minimum atomic E-state index is 0.169. The molecular formula is C21H22N3O2. The van der Waals surface area contributed by atoms with E-state index in [1.807, 2.05) is 43.3 Å². The van der Waals surface area contributed by atoms with Gasteiger partial charge in [-0.2, -0.15) is 0 Å². The predicted molar refractivity (Wildman–Crippen MR) is 101 cm³/mol. The summed E-state index contributed by atoms with van der Waals surface area (Å²) in [7, 11) is 0. The molecule has 1 N–H and O–H groups in total. The van der Waals surface area contributed by atoms with Crippen LogP contribution in [0.1, 0.15) is 18.1 Å². The quantitative estimate of drug-likeness (QED) is 0.674. The van der Waals surface area contributed by atoms with E-state index < -0.39 is 0 Å². The van der Waals surface area contributed by atoms with Crippen molar-refractivity contribution < 1.29 is 9.84 Å². The van der Waals surface area contributed by atoms with Crippen molar-refractivity contribution in [2.24, 2.45) is 0 Å². The third kappa shape index (κ3) is 4.72. The van der Waals surface area contributed by atoms with E-state index in [0.717, 1.165) is 30.9 Å². The Morgan fingerprint density at radius 3 is 2.69 bits per heavy atom. The van der Waals surface area contributed by atoms with Gasteiger partial charge >= 0.3 is 0 Å². The molecule has 0 spiro atoms. The third-order valence-electron chi connectivity index (χ3n) is 4.01. The van der Waals surface area contributed by atoms with Crippen LogP contribution >= 0.6 is 0 Å². The van der Waals surface area contributed by atoms with Gasteiger partial charge in [0.2, 0.25) is 0 Å². The van der Waals surface area contributed by atoms with Gasteiger partial charge in [-0.15, -0.1) is 0 Å². The lowest BCUT2D eigenvalue weighted by atomic mass is 10.1. The molecule has 0 bridgehead atoms. The average Bonchev–Trinajstić information content (AvgIpc) is 2.69. The highest BCUT2D eigenvalue weighted by atomic mass is 16.5. The molecule has 3 aromatic rings. The summed E-state index contributed by atoms with van der Waals surface area (Å²) in [5, 5.41) is 9.86. The van der Waals surface area contributed by atoms with Crippen LogP contribution in [0.3, 0.4) is 0 Å². The highest BCUT2D eigenvalue weighted by molar-refractivity contribution is 5.43. The lowest BCUT2D eigenvalue weighted by molar-refractivity contribution is 0.318. The molecule has 0 atom stereocenters. The predicted octanol–water partition coefficient (Wildman–Crippen LogP) is 3.63. The molecular weight excluding hydrogens is 326 g/mol. The second kappa shape index (κ2) is 8.85. The first-order chi connectivity index (χ1) is 12.8. The Morgan fingerprint density at radius 2 is 1.96 bits per heavy atom. The van der Waals surface area contributed by atoms with Crippen LogP contribution in [0, 0.1) is 6.07 Å². The molecule has 1 aromatic carbocycles. The summed E-state index contributed by atoms with van der Waals surface area (Å²) in [6.07, 6.45) is 6.17. The Bertz CT molecular complexity index is 810. The lowest BCUT2D eigenvalue weighted by Gasteiger charge is -2.23. The Morgan fingerprint density at radius 1 is 1.12 bits per heavy atom. The SMILES string of the molecule is CCOc1cc(CCN(Cc2ccncc2)c2[c]cccn2)ccc1O. The van der Waals surface area contributed by atoms with Crippen molar-refractivity contribution in [3.63, 3.8) is 0 Å². The Labute approximate surface area is 153 Å². The minimum absolute atomic E-state index is 0.169. The van der Waals surface area contributed by atoms with Gasteiger partial charge in [0.25, 0.3) is 0 Å². The smallest absolute Gasteiger partial charge is 0.161 e. The number of ether oxygens (including phenoxy) is 1. The maximum absolute atomic E-state index is 9.86. The summed E-state index contributed by atoms with van der Waals surface area (Å²) in [6, 6.07) is 16.4. The highest BCUT2D eigenvalue weighted by Crippen LogP contribution is 2.27. The maximum Gasteiger partial charge on any atom is 0.161 e. The summed E-state index contributed by atoms with van der Waals surface area (Å²) in [5.74, 6) is 1.51. The van der Waals surface area contributed by atoms with Crippen molar-refractivity contribution in [1.82, 2.24) is 9.97 Å². The number of phenolic OH excluding ortho intramolecular Hbond substituents is 1. The van der Waals surface area contributed by atoms with Gasteiger partial charge < -0.3 is 14.7 Å². The summed E-state index contributed by atoms with van der Waals surface area (Å²) < 4.78 is 5.48. The molecule has 133 valence electrons. The number of anilines is 1. The first-order valence-corrected chi connectivity index (χ1v) is 8.67. The van der Waals surface area contributed by atoms with Gasteiger partial charge in [-0.25, -0.2) is 4.98 Å². The van der Waals surface area contributed by atoms with E-state index >= 15 is 0 Å². The van der Waals surface area contributed by atoms with Gasteiger partial charge in [0.1, 0.15) is 5.82 Å². The number of phenols is 1. The normalized spacial score (nSPS) is 10.5. The van der Waals surface area contributed by atoms with Crippen LogP contribution < -0.4 is 9.64 Å². The summed E-state index contributed by atoms with van der Waals surface area (Å²) >= 11 is 0. The van der Waals surface area contributed by atoms with Gasteiger partial charge in [0.05, 0.1) is 6.61 Å². The molecule has 0 unspecified atom stereocenters. The van der Waals surface area contributed by atoms with Crippen molar-refractivity contribution in [1.29, 1.82) is 0 Å². The first-order valence-electron chi connectivity index (χ1n) is 8.67. The monoisotopic (exact) mass is 348 g/mol. The summed E-state index contributed by atoms with van der Waals surface area (Å²) in [5.41, 5.74) is 2.27. The van der Waals surface area contributed by atoms with E-state index in [1.54, 1.807) is 24.7 Å². The minimum Gasteiger partial charge on any atom is -0.504 e. The zero-order valence-electron chi connectivity index (χ0n) is 14.8. The molecule has 26 heavy (non-hydrogen) atoms. The van der Waals surface area contributed by atoms with Crippen molar-refractivity contribution in [3.8, 4) is 11.5 Å². The molecule has 0 saturated heterocycles. The highest BCUT2D eigenvalue weighted by Gasteiger charge is 2.10. The molecule has 0 fully saturated rings. The van der Waals surface area contributed by atoms with Gasteiger partial charge in [-0.3, -0.25) is 4.98 Å². The van der Waals surface area contributed by atoms with Crippen LogP contribution in [0.25, 0.3) is 0 Å². The molecule has 0 amide bonds. The molecule has 3 rings (SSSR count). The van der Waals surface area contributed by atoms with Crippen LogP contribution in [-0.2, 0) is 13.0 Å². The largest absolute Gasteiger partial charge is 0.504 e. The molecule has 2 aromatic heterocycles. The van der Waals surface area contributed by atoms with E-state index in [-0.39, 0.29) is 5.75 Å². The second-order valence-electron chi connectivity index (χ2n) is 5.87. The molecule has 5 nitrogen and oxygen atoms in total. The first kappa shape index (κ1) is 17.7. The zero-order chi connectivity index (χ0) is 18.2. The number of hydrogen-bond donors (Lipinski definition) is 1. The standard InChI is InChI=1S/C21H22N3O2/c1-2-26-20-15-17(6-7-19(20)25)10-14-24(21-5-3-4-11-23-21)16-18-8-12-22-13-9-18/h3-4,6-9,11-13,15,25H,2,10,14,16H2,1H3. The fourth-order valence-electron chi connectivity index (χ4n) is 2.71. The number of nitrogens with zero attached hydrogens (tertiary/aromatic N) is 3. The van der Waals surface area contributed by atoms with Gasteiger partial charge in [0, 0.05) is 37.7 Å². The van der Waals surface area contributed by atoms with E-state index in [2.05, 4.69) is 20.9 Å². The topological polar surface area (TPSA) is 58.5 Å². The number of aromatic hydroxyl groups is 1. The van der Waals surface area contributed by atoms with Crippen LogP contribution in [-0.4, -0.2) is 28.2 Å². The maximum atomic E-state index is 9.86.